The number of benzene rings is 2. The van der Waals surface area contributed by atoms with Crippen molar-refractivity contribution in [3.05, 3.63) is 102 Å². The molecule has 5 rings (SSSR count). The lowest BCUT2D eigenvalue weighted by atomic mass is 10.0. The molecule has 2 aromatic carbocycles. The summed E-state index contributed by atoms with van der Waals surface area (Å²) in [5.74, 6) is 0.994. The molecule has 0 radical (unpaired) electrons. The fraction of sp³-hybridized carbons (Fsp3) is 0.241. The molecule has 0 bridgehead atoms. The molecule has 0 saturated heterocycles. The number of amides is 2. The van der Waals surface area contributed by atoms with Gasteiger partial charge in [-0.05, 0) is 67.1 Å². The molecule has 1 aliphatic rings. The summed E-state index contributed by atoms with van der Waals surface area (Å²) in [5, 5.41) is 0. The van der Waals surface area contributed by atoms with E-state index >= 15 is 0 Å². The zero-order valence-corrected chi connectivity index (χ0v) is 20.5. The molecule has 0 aliphatic carbocycles. The van der Waals surface area contributed by atoms with Gasteiger partial charge in [-0.25, -0.2) is 0 Å². The van der Waals surface area contributed by atoms with E-state index in [2.05, 4.69) is 11.5 Å². The number of para-hydroxylation sites is 2. The number of anilines is 1. The Labute approximate surface area is 210 Å². The van der Waals surface area contributed by atoms with E-state index in [0.717, 1.165) is 29.9 Å². The topological polar surface area (TPSA) is 67.9 Å². The quantitative estimate of drug-likeness (QED) is 0.334. The van der Waals surface area contributed by atoms with Gasteiger partial charge in [0, 0.05) is 18.3 Å². The van der Waals surface area contributed by atoms with E-state index in [9.17, 15) is 9.59 Å². The molecule has 0 N–H and O–H groups in total. The maximum absolute atomic E-state index is 14.1. The highest BCUT2D eigenvalue weighted by molar-refractivity contribution is 6.02. The number of aromatic nitrogens is 1. The van der Waals surface area contributed by atoms with Crippen LogP contribution in [0.25, 0.3) is 5.69 Å². The van der Waals surface area contributed by atoms with Crippen LogP contribution in [-0.2, 0) is 4.79 Å². The predicted octanol–water partition coefficient (Wildman–Crippen LogP) is 5.46. The van der Waals surface area contributed by atoms with Crippen molar-refractivity contribution in [3.8, 4) is 11.4 Å². The van der Waals surface area contributed by atoms with Gasteiger partial charge in [0.05, 0.1) is 30.4 Å². The molecule has 36 heavy (non-hydrogen) atoms. The third-order valence-electron chi connectivity index (χ3n) is 6.53. The fourth-order valence-corrected chi connectivity index (χ4v) is 4.73. The second kappa shape index (κ2) is 10.2. The number of hydrogen-bond acceptors (Lipinski definition) is 4. The Morgan fingerprint density at radius 1 is 0.972 bits per heavy atom. The van der Waals surface area contributed by atoms with Crippen LogP contribution < -0.4 is 9.64 Å². The monoisotopic (exact) mass is 483 g/mol. The molecular formula is C29H29N3O4. The van der Waals surface area contributed by atoms with Crippen molar-refractivity contribution in [1.29, 1.82) is 0 Å². The number of methoxy groups -OCH3 is 1. The number of nitrogens with zero attached hydrogens (tertiary/aromatic N) is 3. The van der Waals surface area contributed by atoms with Gasteiger partial charge in [-0.1, -0.05) is 25.5 Å². The van der Waals surface area contributed by atoms with Gasteiger partial charge in [0.2, 0.25) is 5.91 Å². The van der Waals surface area contributed by atoms with Crippen LogP contribution in [0.4, 0.5) is 5.69 Å². The van der Waals surface area contributed by atoms with E-state index in [1.165, 1.54) is 0 Å². The van der Waals surface area contributed by atoms with Crippen molar-refractivity contribution in [3.63, 3.8) is 0 Å². The molecule has 1 aliphatic heterocycles. The number of hydrogen-bond donors (Lipinski definition) is 0. The molecule has 7 heteroatoms. The Hall–Kier alpha value is -4.26. The molecule has 7 nitrogen and oxygen atoms in total. The summed E-state index contributed by atoms with van der Waals surface area (Å²) in [5.41, 5.74) is 3.14. The van der Waals surface area contributed by atoms with Crippen molar-refractivity contribution in [2.24, 2.45) is 0 Å². The van der Waals surface area contributed by atoms with E-state index in [0.29, 0.717) is 23.6 Å². The van der Waals surface area contributed by atoms with Crippen LogP contribution in [0, 0.1) is 0 Å². The summed E-state index contributed by atoms with van der Waals surface area (Å²) in [6, 6.07) is 22.0. The molecule has 1 unspecified atom stereocenters. The van der Waals surface area contributed by atoms with Gasteiger partial charge in [-0.3, -0.25) is 14.5 Å². The Bertz CT molecular complexity index is 1340. The number of carbonyl (C=O) groups is 2. The second-order valence-corrected chi connectivity index (χ2v) is 8.78. The van der Waals surface area contributed by atoms with Crippen LogP contribution in [0.5, 0.6) is 5.75 Å². The minimum absolute atomic E-state index is 0.0445. The van der Waals surface area contributed by atoms with Gasteiger partial charge in [0.1, 0.15) is 24.1 Å². The highest BCUT2D eigenvalue weighted by Crippen LogP contribution is 2.42. The lowest BCUT2D eigenvalue weighted by Gasteiger charge is -2.38. The van der Waals surface area contributed by atoms with Gasteiger partial charge in [0.25, 0.3) is 5.91 Å². The Morgan fingerprint density at radius 2 is 1.75 bits per heavy atom. The number of furan rings is 1. The first-order valence-corrected chi connectivity index (χ1v) is 12.2. The summed E-state index contributed by atoms with van der Waals surface area (Å²) in [6.07, 6.45) is 5.32. The highest BCUT2D eigenvalue weighted by atomic mass is 16.5. The number of unbranched alkanes of at least 4 members (excludes halogenated alkanes) is 1. The molecule has 2 aromatic heterocycles. The fourth-order valence-electron chi connectivity index (χ4n) is 4.73. The summed E-state index contributed by atoms with van der Waals surface area (Å²) in [7, 11) is 1.59. The number of carbonyl (C=O) groups excluding carboxylic acids is 2. The SMILES string of the molecule is CCCCN(CC(=O)N1c2ccccc2-n2cccc2C1c1ccco1)C(=O)c1ccc(OC)cc1. The van der Waals surface area contributed by atoms with Crippen molar-refractivity contribution >= 4 is 17.5 Å². The Balaban J connectivity index is 1.51. The maximum atomic E-state index is 14.1. The highest BCUT2D eigenvalue weighted by Gasteiger charge is 2.38. The zero-order valence-electron chi connectivity index (χ0n) is 20.5. The first kappa shape index (κ1) is 23.5. The van der Waals surface area contributed by atoms with Crippen molar-refractivity contribution in [2.45, 2.75) is 25.8 Å². The van der Waals surface area contributed by atoms with Crippen LogP contribution in [0.15, 0.2) is 89.7 Å². The summed E-state index contributed by atoms with van der Waals surface area (Å²) < 4.78 is 13.1. The van der Waals surface area contributed by atoms with E-state index in [1.54, 1.807) is 47.4 Å². The average Bonchev–Trinajstić information content (AvgIpc) is 3.63. The average molecular weight is 484 g/mol. The molecular weight excluding hydrogens is 454 g/mol. The van der Waals surface area contributed by atoms with Crippen LogP contribution in [0.1, 0.15) is 47.6 Å². The minimum Gasteiger partial charge on any atom is -0.497 e. The van der Waals surface area contributed by atoms with Crippen LogP contribution in [-0.4, -0.2) is 41.5 Å². The Morgan fingerprint density at radius 3 is 2.44 bits per heavy atom. The van der Waals surface area contributed by atoms with Crippen molar-refractivity contribution < 1.29 is 18.7 Å². The standard InChI is InChI=1S/C29H29N3O4/c1-3-4-17-30(29(34)21-13-15-22(35-2)16-14-21)20-27(33)32-24-10-6-5-9-23(24)31-18-7-11-25(31)28(32)26-12-8-19-36-26/h5-16,18-19,28H,3-4,17,20H2,1-2H3. The van der Waals surface area contributed by atoms with Crippen molar-refractivity contribution in [2.75, 3.05) is 25.1 Å². The third-order valence-corrected chi connectivity index (χ3v) is 6.53. The minimum atomic E-state index is -0.443. The van der Waals surface area contributed by atoms with Crippen LogP contribution >= 0.6 is 0 Å². The first-order valence-electron chi connectivity index (χ1n) is 12.2. The number of fused-ring (bicyclic) bond motifs is 3. The summed E-state index contributed by atoms with van der Waals surface area (Å²) >= 11 is 0. The lowest BCUT2D eigenvalue weighted by molar-refractivity contribution is -0.119. The second-order valence-electron chi connectivity index (χ2n) is 8.78. The van der Waals surface area contributed by atoms with Gasteiger partial charge in [-0.15, -0.1) is 0 Å². The Kier molecular flexibility index (Phi) is 6.62. The van der Waals surface area contributed by atoms with E-state index in [4.69, 9.17) is 9.15 Å². The largest absolute Gasteiger partial charge is 0.497 e. The molecule has 4 aromatic rings. The van der Waals surface area contributed by atoms with Gasteiger partial charge in [0.15, 0.2) is 0 Å². The molecule has 1 atom stereocenters. The summed E-state index contributed by atoms with van der Waals surface area (Å²) in [6.45, 7) is 2.52. The van der Waals surface area contributed by atoms with E-state index in [1.807, 2.05) is 54.7 Å². The molecule has 3 heterocycles. The van der Waals surface area contributed by atoms with Gasteiger partial charge >= 0.3 is 0 Å². The molecule has 0 fully saturated rings. The number of ether oxygens (including phenoxy) is 1. The molecule has 184 valence electrons. The predicted molar refractivity (Wildman–Crippen MR) is 138 cm³/mol. The summed E-state index contributed by atoms with van der Waals surface area (Å²) in [4.78, 5) is 31.0. The molecule has 0 spiro atoms. The number of rotatable bonds is 8. The van der Waals surface area contributed by atoms with Gasteiger partial charge < -0.3 is 18.6 Å². The smallest absolute Gasteiger partial charge is 0.254 e. The zero-order chi connectivity index (χ0) is 25.1. The maximum Gasteiger partial charge on any atom is 0.254 e. The van der Waals surface area contributed by atoms with Crippen molar-refractivity contribution in [1.82, 2.24) is 9.47 Å². The van der Waals surface area contributed by atoms with Crippen LogP contribution in [0.3, 0.4) is 0 Å². The first-order chi connectivity index (χ1) is 17.6. The van der Waals surface area contributed by atoms with E-state index in [-0.39, 0.29) is 18.4 Å². The normalized spacial score (nSPS) is 14.2. The molecule has 2 amide bonds. The van der Waals surface area contributed by atoms with Crippen LogP contribution in [0.2, 0.25) is 0 Å². The van der Waals surface area contributed by atoms with Gasteiger partial charge in [-0.2, -0.15) is 0 Å². The molecule has 0 saturated carbocycles. The van der Waals surface area contributed by atoms with E-state index < -0.39 is 6.04 Å². The lowest BCUT2D eigenvalue weighted by Crippen LogP contribution is -2.47. The third kappa shape index (κ3) is 4.28.